The molecule has 0 unspecified atom stereocenters. The van der Waals surface area contributed by atoms with Crippen LogP contribution in [0.2, 0.25) is 0 Å². The summed E-state index contributed by atoms with van der Waals surface area (Å²) in [7, 11) is -2.32. The van der Waals surface area contributed by atoms with Gasteiger partial charge in [-0.3, -0.25) is 4.72 Å². The van der Waals surface area contributed by atoms with Gasteiger partial charge in [-0.25, -0.2) is 8.42 Å². The number of aryl methyl sites for hydroxylation is 3. The summed E-state index contributed by atoms with van der Waals surface area (Å²) >= 11 is 0. The number of aromatic nitrogens is 3. The smallest absolute Gasteiger partial charge is 0.264 e. The first-order valence-electron chi connectivity index (χ1n) is 7.48. The monoisotopic (exact) mass is 362 g/mol. The van der Waals surface area contributed by atoms with Crippen molar-refractivity contribution in [2.45, 2.75) is 25.7 Å². The maximum Gasteiger partial charge on any atom is 0.264 e. The third-order valence-electron chi connectivity index (χ3n) is 3.67. The summed E-state index contributed by atoms with van der Waals surface area (Å²) in [5, 5.41) is 3.74. The van der Waals surface area contributed by atoms with E-state index in [2.05, 4.69) is 19.8 Å². The zero-order valence-electron chi connectivity index (χ0n) is 14.2. The van der Waals surface area contributed by atoms with Gasteiger partial charge in [0.05, 0.1) is 12.7 Å². The Morgan fingerprint density at radius 1 is 1.12 bits per heavy atom. The number of nitrogens with zero attached hydrogens (tertiary/aromatic N) is 2. The number of methoxy groups -OCH3 is 1. The van der Waals surface area contributed by atoms with E-state index in [1.54, 1.807) is 52.1 Å². The number of rotatable bonds is 5. The van der Waals surface area contributed by atoms with Gasteiger partial charge in [-0.2, -0.15) is 4.98 Å². The number of aromatic amines is 1. The average molecular weight is 362 g/mol. The minimum atomic E-state index is -3.86. The summed E-state index contributed by atoms with van der Waals surface area (Å²) in [4.78, 5) is 7.27. The molecule has 0 saturated heterocycles. The number of anilines is 1. The van der Waals surface area contributed by atoms with Crippen molar-refractivity contribution < 1.29 is 17.7 Å². The number of nitrogens with one attached hydrogen (secondary N) is 2. The van der Waals surface area contributed by atoms with Gasteiger partial charge in [0.25, 0.3) is 15.9 Å². The lowest BCUT2D eigenvalue weighted by atomic mass is 10.2. The van der Waals surface area contributed by atoms with Crippen LogP contribution in [0.15, 0.2) is 33.7 Å². The predicted molar refractivity (Wildman–Crippen MR) is 92.1 cm³/mol. The summed E-state index contributed by atoms with van der Waals surface area (Å²) in [5.74, 6) is 1.23. The molecule has 0 amide bonds. The van der Waals surface area contributed by atoms with Crippen LogP contribution in [0.1, 0.15) is 17.2 Å². The maximum atomic E-state index is 12.9. The summed E-state index contributed by atoms with van der Waals surface area (Å²) in [6.07, 6.45) is 0. The van der Waals surface area contributed by atoms with Gasteiger partial charge in [-0.15, -0.1) is 0 Å². The maximum absolute atomic E-state index is 12.9. The van der Waals surface area contributed by atoms with Crippen molar-refractivity contribution in [3.8, 4) is 17.2 Å². The van der Waals surface area contributed by atoms with Crippen molar-refractivity contribution in [2.24, 2.45) is 0 Å². The van der Waals surface area contributed by atoms with E-state index >= 15 is 0 Å². The predicted octanol–water partition coefficient (Wildman–Crippen LogP) is 2.80. The van der Waals surface area contributed by atoms with Gasteiger partial charge < -0.3 is 14.2 Å². The van der Waals surface area contributed by atoms with Crippen LogP contribution in [0, 0.1) is 20.8 Å². The molecule has 3 aromatic rings. The van der Waals surface area contributed by atoms with Crippen LogP contribution in [0.4, 0.5) is 5.69 Å². The number of ether oxygens (including phenoxy) is 1. The van der Waals surface area contributed by atoms with Crippen LogP contribution in [0.25, 0.3) is 11.5 Å². The zero-order valence-corrected chi connectivity index (χ0v) is 15.1. The normalized spacial score (nSPS) is 11.5. The van der Waals surface area contributed by atoms with E-state index in [1.807, 2.05) is 0 Å². The molecule has 0 aliphatic rings. The molecule has 9 heteroatoms. The van der Waals surface area contributed by atoms with E-state index in [0.717, 1.165) is 0 Å². The van der Waals surface area contributed by atoms with Crippen molar-refractivity contribution >= 4 is 15.7 Å². The molecule has 132 valence electrons. The molecule has 8 nitrogen and oxygen atoms in total. The average Bonchev–Trinajstić information content (AvgIpc) is 3.10. The molecule has 0 bridgehead atoms. The SMILES string of the molecule is COc1ccc(NS(=O)(=O)c2c(C)[nH]c(C)c2-c2nc(C)no2)cc1. The fourth-order valence-electron chi connectivity index (χ4n) is 2.62. The van der Waals surface area contributed by atoms with E-state index < -0.39 is 10.0 Å². The second kappa shape index (κ2) is 6.25. The highest BCUT2D eigenvalue weighted by atomic mass is 32.2. The van der Waals surface area contributed by atoms with Crippen molar-refractivity contribution in [1.82, 2.24) is 15.1 Å². The van der Waals surface area contributed by atoms with E-state index in [1.165, 1.54) is 0 Å². The fraction of sp³-hybridized carbons (Fsp3) is 0.250. The summed E-state index contributed by atoms with van der Waals surface area (Å²) < 4.78 is 38.7. The molecule has 2 heterocycles. The second-order valence-electron chi connectivity index (χ2n) is 5.56. The minimum absolute atomic E-state index is 0.0875. The Balaban J connectivity index is 2.05. The third kappa shape index (κ3) is 3.22. The molecule has 25 heavy (non-hydrogen) atoms. The molecule has 0 saturated carbocycles. The fourth-order valence-corrected chi connectivity index (χ4v) is 4.13. The lowest BCUT2D eigenvalue weighted by molar-refractivity contribution is 0.415. The van der Waals surface area contributed by atoms with Gasteiger partial charge >= 0.3 is 0 Å². The molecule has 2 N–H and O–H groups in total. The van der Waals surface area contributed by atoms with E-state index in [4.69, 9.17) is 9.26 Å². The molecule has 3 rings (SSSR count). The van der Waals surface area contributed by atoms with E-state index in [-0.39, 0.29) is 10.8 Å². The van der Waals surface area contributed by atoms with Gasteiger partial charge in [-0.1, -0.05) is 5.16 Å². The summed E-state index contributed by atoms with van der Waals surface area (Å²) in [5.41, 5.74) is 1.92. The highest BCUT2D eigenvalue weighted by Crippen LogP contribution is 2.33. The molecule has 0 spiro atoms. The largest absolute Gasteiger partial charge is 0.497 e. The first-order chi connectivity index (χ1) is 11.8. The van der Waals surface area contributed by atoms with Gasteiger partial charge in [0.2, 0.25) is 0 Å². The van der Waals surface area contributed by atoms with Gasteiger partial charge in [-0.05, 0) is 45.0 Å². The first-order valence-corrected chi connectivity index (χ1v) is 8.97. The first kappa shape index (κ1) is 17.0. The summed E-state index contributed by atoms with van der Waals surface area (Å²) in [6.45, 7) is 5.11. The Hall–Kier alpha value is -2.81. The third-order valence-corrected chi connectivity index (χ3v) is 5.22. The van der Waals surface area contributed by atoms with Crippen molar-refractivity contribution in [1.29, 1.82) is 0 Å². The van der Waals surface area contributed by atoms with Gasteiger partial charge in [0.15, 0.2) is 5.82 Å². The molecule has 0 atom stereocenters. The molecule has 2 aromatic heterocycles. The lowest BCUT2D eigenvalue weighted by Crippen LogP contribution is -2.14. The standard InChI is InChI=1S/C16H18N4O4S/c1-9-14(16-18-11(3)19-24-16)15(10(2)17-9)25(21,22)20-12-5-7-13(23-4)8-6-12/h5-8,17,20H,1-4H3. The molecule has 1 aromatic carbocycles. The molecule has 0 aliphatic carbocycles. The Morgan fingerprint density at radius 2 is 1.80 bits per heavy atom. The number of H-pyrrole nitrogens is 1. The van der Waals surface area contributed by atoms with Crippen LogP contribution in [0.3, 0.4) is 0 Å². The van der Waals surface area contributed by atoms with Crippen molar-refractivity contribution in [3.05, 3.63) is 41.5 Å². The van der Waals surface area contributed by atoms with Crippen molar-refractivity contribution in [3.63, 3.8) is 0 Å². The molecular weight excluding hydrogens is 344 g/mol. The zero-order chi connectivity index (χ0) is 18.2. The number of hydrogen-bond acceptors (Lipinski definition) is 6. The number of hydrogen-bond donors (Lipinski definition) is 2. The van der Waals surface area contributed by atoms with Crippen LogP contribution in [0.5, 0.6) is 5.75 Å². The van der Waals surface area contributed by atoms with Crippen LogP contribution >= 0.6 is 0 Å². The molecule has 0 aliphatic heterocycles. The minimum Gasteiger partial charge on any atom is -0.497 e. The van der Waals surface area contributed by atoms with Gasteiger partial charge in [0, 0.05) is 17.1 Å². The van der Waals surface area contributed by atoms with Crippen LogP contribution in [-0.4, -0.2) is 30.7 Å². The van der Waals surface area contributed by atoms with Crippen LogP contribution < -0.4 is 9.46 Å². The highest BCUT2D eigenvalue weighted by molar-refractivity contribution is 7.93. The Morgan fingerprint density at radius 3 is 2.36 bits per heavy atom. The highest BCUT2D eigenvalue weighted by Gasteiger charge is 2.29. The topological polar surface area (TPSA) is 110 Å². The summed E-state index contributed by atoms with van der Waals surface area (Å²) in [6, 6.07) is 6.61. The second-order valence-corrected chi connectivity index (χ2v) is 7.18. The quantitative estimate of drug-likeness (QED) is 0.722. The van der Waals surface area contributed by atoms with Crippen LogP contribution in [-0.2, 0) is 10.0 Å². The molecular formula is C16H18N4O4S. The van der Waals surface area contributed by atoms with Gasteiger partial charge in [0.1, 0.15) is 10.6 Å². The van der Waals surface area contributed by atoms with E-state index in [0.29, 0.717) is 34.2 Å². The van der Waals surface area contributed by atoms with E-state index in [9.17, 15) is 8.42 Å². The Labute approximate surface area is 145 Å². The lowest BCUT2D eigenvalue weighted by Gasteiger charge is -2.10. The number of sulfonamides is 1. The number of benzene rings is 1. The molecule has 0 radical (unpaired) electrons. The Kier molecular flexibility index (Phi) is 4.25. The molecule has 0 fully saturated rings. The Bertz CT molecular complexity index is 1000. The van der Waals surface area contributed by atoms with Crippen molar-refractivity contribution in [2.75, 3.05) is 11.8 Å².